The predicted octanol–water partition coefficient (Wildman–Crippen LogP) is 3.66. The maximum absolute atomic E-state index is 12.5. The minimum absolute atomic E-state index is 0.0518. The molecule has 2 aromatic heterocycles. The number of carbonyl (C=O) groups is 1. The number of nitrogens with one attached hydrogen (secondary N) is 1. The molecule has 0 unspecified atom stereocenters. The quantitative estimate of drug-likeness (QED) is 0.753. The SMILES string of the molecule is O=C(c1ccoc1)N1CCC(N[C@@H](c2ccccc2)c2ccncc2)CC1. The number of aromatic nitrogens is 1. The number of carbonyl (C=O) groups excluding carboxylic acids is 1. The smallest absolute Gasteiger partial charge is 0.257 e. The zero-order chi connectivity index (χ0) is 18.5. The van der Waals surface area contributed by atoms with Crippen molar-refractivity contribution in [2.45, 2.75) is 24.9 Å². The Balaban J connectivity index is 1.43. The fourth-order valence-electron chi connectivity index (χ4n) is 3.64. The Morgan fingerprint density at radius 2 is 1.74 bits per heavy atom. The minimum atomic E-state index is 0.0518. The van der Waals surface area contributed by atoms with Crippen LogP contribution in [-0.4, -0.2) is 34.9 Å². The number of likely N-dealkylation sites (tertiary alicyclic amines) is 1. The molecule has 0 saturated carbocycles. The zero-order valence-corrected chi connectivity index (χ0v) is 15.1. The lowest BCUT2D eigenvalue weighted by Crippen LogP contribution is -2.46. The summed E-state index contributed by atoms with van der Waals surface area (Å²) in [5.41, 5.74) is 3.06. The Hall–Kier alpha value is -2.92. The van der Waals surface area contributed by atoms with E-state index in [2.05, 4.69) is 46.7 Å². The van der Waals surface area contributed by atoms with Crippen LogP contribution in [0.2, 0.25) is 0 Å². The lowest BCUT2D eigenvalue weighted by atomic mass is 9.96. The highest BCUT2D eigenvalue weighted by Crippen LogP contribution is 2.24. The fourth-order valence-corrected chi connectivity index (χ4v) is 3.64. The van der Waals surface area contributed by atoms with Crippen molar-refractivity contribution in [2.24, 2.45) is 0 Å². The van der Waals surface area contributed by atoms with E-state index >= 15 is 0 Å². The normalized spacial score (nSPS) is 16.2. The zero-order valence-electron chi connectivity index (χ0n) is 15.1. The summed E-state index contributed by atoms with van der Waals surface area (Å²) in [5.74, 6) is 0.0518. The number of amides is 1. The highest BCUT2D eigenvalue weighted by Gasteiger charge is 2.26. The molecule has 3 heterocycles. The summed E-state index contributed by atoms with van der Waals surface area (Å²) in [6.07, 6.45) is 8.58. The van der Waals surface area contributed by atoms with Crippen LogP contribution in [0, 0.1) is 0 Å². The molecule has 0 radical (unpaired) electrons. The van der Waals surface area contributed by atoms with E-state index in [4.69, 9.17) is 4.42 Å². The molecule has 1 aromatic carbocycles. The lowest BCUT2D eigenvalue weighted by Gasteiger charge is -2.34. The van der Waals surface area contributed by atoms with Crippen LogP contribution in [-0.2, 0) is 0 Å². The number of rotatable bonds is 5. The Kier molecular flexibility index (Phi) is 5.30. The van der Waals surface area contributed by atoms with Crippen LogP contribution in [0.5, 0.6) is 0 Å². The fraction of sp³-hybridized carbons (Fsp3) is 0.273. The molecule has 1 aliphatic rings. The Morgan fingerprint density at radius 3 is 2.41 bits per heavy atom. The second kappa shape index (κ2) is 8.18. The van der Waals surface area contributed by atoms with Crippen LogP contribution in [0.15, 0.2) is 77.9 Å². The van der Waals surface area contributed by atoms with E-state index < -0.39 is 0 Å². The van der Waals surface area contributed by atoms with Gasteiger partial charge < -0.3 is 14.6 Å². The van der Waals surface area contributed by atoms with Crippen molar-refractivity contribution in [1.82, 2.24) is 15.2 Å². The van der Waals surface area contributed by atoms with Gasteiger partial charge in [-0.3, -0.25) is 9.78 Å². The maximum Gasteiger partial charge on any atom is 0.257 e. The summed E-state index contributed by atoms with van der Waals surface area (Å²) in [6.45, 7) is 1.50. The molecule has 1 saturated heterocycles. The third-order valence-corrected chi connectivity index (χ3v) is 5.13. The summed E-state index contributed by atoms with van der Waals surface area (Å²) in [6, 6.07) is 16.8. The van der Waals surface area contributed by atoms with Crippen LogP contribution in [0.4, 0.5) is 0 Å². The summed E-state index contributed by atoms with van der Waals surface area (Å²) in [4.78, 5) is 18.5. The number of nitrogens with zero attached hydrogens (tertiary/aromatic N) is 2. The molecule has 27 heavy (non-hydrogen) atoms. The van der Waals surface area contributed by atoms with E-state index in [1.54, 1.807) is 12.3 Å². The van der Waals surface area contributed by atoms with Gasteiger partial charge in [0.1, 0.15) is 6.26 Å². The molecule has 0 bridgehead atoms. The van der Waals surface area contributed by atoms with Crippen LogP contribution in [0.3, 0.4) is 0 Å². The van der Waals surface area contributed by atoms with Crippen LogP contribution < -0.4 is 5.32 Å². The predicted molar refractivity (Wildman–Crippen MR) is 103 cm³/mol. The van der Waals surface area contributed by atoms with E-state index in [1.165, 1.54) is 17.4 Å². The minimum Gasteiger partial charge on any atom is -0.472 e. The van der Waals surface area contributed by atoms with Crippen molar-refractivity contribution in [2.75, 3.05) is 13.1 Å². The van der Waals surface area contributed by atoms with E-state index in [0.29, 0.717) is 11.6 Å². The number of piperidine rings is 1. The first-order chi connectivity index (χ1) is 13.3. The molecule has 1 fully saturated rings. The van der Waals surface area contributed by atoms with Crippen molar-refractivity contribution in [3.63, 3.8) is 0 Å². The molecule has 0 aliphatic carbocycles. The molecule has 0 spiro atoms. The molecule has 3 aromatic rings. The van der Waals surface area contributed by atoms with Gasteiger partial charge in [-0.15, -0.1) is 0 Å². The Labute approximate surface area is 159 Å². The number of pyridine rings is 1. The first-order valence-corrected chi connectivity index (χ1v) is 9.33. The van der Waals surface area contributed by atoms with Gasteiger partial charge in [0, 0.05) is 31.5 Å². The van der Waals surface area contributed by atoms with Gasteiger partial charge in [-0.05, 0) is 42.2 Å². The molecule has 138 valence electrons. The summed E-state index contributed by atoms with van der Waals surface area (Å²) >= 11 is 0. The van der Waals surface area contributed by atoms with Gasteiger partial charge in [0.15, 0.2) is 0 Å². The molecule has 1 amide bonds. The third-order valence-electron chi connectivity index (χ3n) is 5.13. The highest BCUT2D eigenvalue weighted by atomic mass is 16.3. The van der Waals surface area contributed by atoms with Crippen molar-refractivity contribution in [1.29, 1.82) is 0 Å². The van der Waals surface area contributed by atoms with Crippen molar-refractivity contribution in [3.05, 3.63) is 90.1 Å². The number of benzene rings is 1. The molecule has 4 rings (SSSR count). The topological polar surface area (TPSA) is 58.4 Å². The standard InChI is InChI=1S/C22H23N3O2/c26-22(19-10-15-27-16-19)25-13-8-20(9-14-25)24-21(17-4-2-1-3-5-17)18-6-11-23-12-7-18/h1-7,10-12,15-16,20-21,24H,8-9,13-14H2/t21-/m0/s1. The second-order valence-electron chi connectivity index (χ2n) is 6.87. The first-order valence-electron chi connectivity index (χ1n) is 9.33. The first kappa shape index (κ1) is 17.5. The Bertz CT molecular complexity index is 802. The average molecular weight is 361 g/mol. The summed E-state index contributed by atoms with van der Waals surface area (Å²) in [7, 11) is 0. The van der Waals surface area contributed by atoms with Crippen molar-refractivity contribution in [3.8, 4) is 0 Å². The van der Waals surface area contributed by atoms with Gasteiger partial charge in [-0.25, -0.2) is 0 Å². The van der Waals surface area contributed by atoms with Crippen LogP contribution in [0.1, 0.15) is 40.4 Å². The van der Waals surface area contributed by atoms with Gasteiger partial charge in [0.05, 0.1) is 17.9 Å². The third kappa shape index (κ3) is 4.09. The average Bonchev–Trinajstić information content (AvgIpc) is 3.28. The number of hydrogen-bond donors (Lipinski definition) is 1. The van der Waals surface area contributed by atoms with Gasteiger partial charge in [0.25, 0.3) is 5.91 Å². The molecular formula is C22H23N3O2. The van der Waals surface area contributed by atoms with Gasteiger partial charge in [0.2, 0.25) is 0 Å². The molecule has 1 N–H and O–H groups in total. The van der Waals surface area contributed by atoms with E-state index in [0.717, 1.165) is 25.9 Å². The van der Waals surface area contributed by atoms with E-state index in [1.807, 2.05) is 23.4 Å². The maximum atomic E-state index is 12.5. The number of hydrogen-bond acceptors (Lipinski definition) is 4. The molecular weight excluding hydrogens is 338 g/mol. The highest BCUT2D eigenvalue weighted by molar-refractivity contribution is 5.93. The molecule has 5 nitrogen and oxygen atoms in total. The molecule has 1 aliphatic heterocycles. The summed E-state index contributed by atoms with van der Waals surface area (Å²) < 4.78 is 5.03. The summed E-state index contributed by atoms with van der Waals surface area (Å²) in [5, 5.41) is 3.80. The molecule has 5 heteroatoms. The van der Waals surface area contributed by atoms with Crippen molar-refractivity contribution < 1.29 is 9.21 Å². The lowest BCUT2D eigenvalue weighted by molar-refractivity contribution is 0.0702. The number of furan rings is 1. The van der Waals surface area contributed by atoms with Crippen LogP contribution in [0.25, 0.3) is 0 Å². The largest absolute Gasteiger partial charge is 0.472 e. The van der Waals surface area contributed by atoms with Crippen molar-refractivity contribution >= 4 is 5.91 Å². The van der Waals surface area contributed by atoms with Gasteiger partial charge >= 0.3 is 0 Å². The van der Waals surface area contributed by atoms with E-state index in [9.17, 15) is 4.79 Å². The molecule has 1 atom stereocenters. The van der Waals surface area contributed by atoms with Crippen LogP contribution >= 0.6 is 0 Å². The Morgan fingerprint density at radius 1 is 1.04 bits per heavy atom. The van der Waals surface area contributed by atoms with Gasteiger partial charge in [-0.2, -0.15) is 0 Å². The second-order valence-corrected chi connectivity index (χ2v) is 6.87. The van der Waals surface area contributed by atoms with Gasteiger partial charge in [-0.1, -0.05) is 30.3 Å². The van der Waals surface area contributed by atoms with E-state index in [-0.39, 0.29) is 11.9 Å². The monoisotopic (exact) mass is 361 g/mol.